The van der Waals surface area contributed by atoms with Crippen LogP contribution in [0.25, 0.3) is 28.0 Å². The number of rotatable bonds is 9. The van der Waals surface area contributed by atoms with Gasteiger partial charge < -0.3 is 23.5 Å². The monoisotopic (exact) mass is 634 g/mol. The third-order valence-electron chi connectivity index (χ3n) is 6.77. The van der Waals surface area contributed by atoms with Crippen LogP contribution in [0.5, 0.6) is 17.4 Å². The number of benzene rings is 3. The lowest BCUT2D eigenvalue weighted by atomic mass is 10.1. The van der Waals surface area contributed by atoms with E-state index >= 15 is 0 Å². The van der Waals surface area contributed by atoms with Gasteiger partial charge >= 0.3 is 12.3 Å². The molecule has 240 valence electrons. The molecular weight excluding hydrogens is 601 g/mol. The molecule has 0 aliphatic rings. The SMILES string of the molecule is COc1cc(-n2c(-c3ccc(NC(=O)OC(C)(C)C)cc3)c(C)c3ncnc(OCC(F)(F)F)c32)ccc1OCc1ccccc1. The van der Waals surface area contributed by atoms with Crippen LogP contribution in [-0.4, -0.2) is 46.1 Å². The highest BCUT2D eigenvalue weighted by Crippen LogP contribution is 2.41. The number of fused-ring (bicyclic) bond motifs is 1. The van der Waals surface area contributed by atoms with Gasteiger partial charge in [-0.2, -0.15) is 18.2 Å². The van der Waals surface area contributed by atoms with E-state index < -0.39 is 24.5 Å². The predicted molar refractivity (Wildman–Crippen MR) is 168 cm³/mol. The average Bonchev–Trinajstić information content (AvgIpc) is 3.31. The number of hydrogen-bond donors (Lipinski definition) is 1. The molecule has 0 spiro atoms. The minimum atomic E-state index is -4.58. The van der Waals surface area contributed by atoms with Gasteiger partial charge in [-0.05, 0) is 63.1 Å². The molecule has 46 heavy (non-hydrogen) atoms. The lowest BCUT2D eigenvalue weighted by Gasteiger charge is -2.20. The van der Waals surface area contributed by atoms with Crippen molar-refractivity contribution in [3.63, 3.8) is 0 Å². The number of ether oxygens (including phenoxy) is 4. The molecule has 0 atom stereocenters. The zero-order valence-electron chi connectivity index (χ0n) is 25.9. The molecule has 0 saturated heterocycles. The first kappa shape index (κ1) is 32.1. The van der Waals surface area contributed by atoms with E-state index in [1.165, 1.54) is 13.4 Å². The summed E-state index contributed by atoms with van der Waals surface area (Å²) >= 11 is 0. The van der Waals surface area contributed by atoms with E-state index in [-0.39, 0.29) is 11.4 Å². The fourth-order valence-electron chi connectivity index (χ4n) is 4.87. The van der Waals surface area contributed by atoms with E-state index in [2.05, 4.69) is 15.3 Å². The zero-order valence-corrected chi connectivity index (χ0v) is 25.9. The molecule has 2 aromatic heterocycles. The number of halogens is 3. The number of aryl methyl sites for hydroxylation is 1. The van der Waals surface area contributed by atoms with Crippen molar-refractivity contribution in [1.82, 2.24) is 14.5 Å². The largest absolute Gasteiger partial charge is 0.493 e. The van der Waals surface area contributed by atoms with Gasteiger partial charge in [-0.25, -0.2) is 9.78 Å². The molecule has 9 nitrogen and oxygen atoms in total. The second kappa shape index (κ2) is 13.0. The maximum Gasteiger partial charge on any atom is 0.422 e. The van der Waals surface area contributed by atoms with Crippen molar-refractivity contribution in [2.24, 2.45) is 0 Å². The first-order chi connectivity index (χ1) is 21.8. The van der Waals surface area contributed by atoms with Crippen molar-refractivity contribution in [3.8, 4) is 34.3 Å². The Morgan fingerprint density at radius 3 is 2.28 bits per heavy atom. The van der Waals surface area contributed by atoms with Gasteiger partial charge in [0.25, 0.3) is 0 Å². The highest BCUT2D eigenvalue weighted by Gasteiger charge is 2.30. The maximum absolute atomic E-state index is 13.2. The number of nitrogens with zero attached hydrogens (tertiary/aromatic N) is 3. The van der Waals surface area contributed by atoms with Crippen LogP contribution in [0, 0.1) is 6.92 Å². The molecule has 1 amide bonds. The van der Waals surface area contributed by atoms with E-state index in [1.807, 2.05) is 37.3 Å². The number of carbonyl (C=O) groups excluding carboxylic acids is 1. The quantitative estimate of drug-likeness (QED) is 0.174. The van der Waals surface area contributed by atoms with Crippen LogP contribution in [0.1, 0.15) is 31.9 Å². The second-order valence-electron chi connectivity index (χ2n) is 11.4. The molecule has 5 rings (SSSR count). The summed E-state index contributed by atoms with van der Waals surface area (Å²) in [4.78, 5) is 20.8. The molecule has 3 aromatic carbocycles. The Morgan fingerprint density at radius 2 is 1.63 bits per heavy atom. The second-order valence-corrected chi connectivity index (χ2v) is 11.4. The van der Waals surface area contributed by atoms with Crippen LogP contribution in [-0.2, 0) is 11.3 Å². The van der Waals surface area contributed by atoms with E-state index in [0.29, 0.717) is 51.8 Å². The molecule has 0 aliphatic carbocycles. The topological polar surface area (TPSA) is 96.7 Å². The highest BCUT2D eigenvalue weighted by atomic mass is 19.4. The van der Waals surface area contributed by atoms with Crippen LogP contribution >= 0.6 is 0 Å². The van der Waals surface area contributed by atoms with Gasteiger partial charge in [0.15, 0.2) is 18.1 Å². The van der Waals surface area contributed by atoms with Crippen LogP contribution in [0.3, 0.4) is 0 Å². The highest BCUT2D eigenvalue weighted by molar-refractivity contribution is 5.94. The summed E-state index contributed by atoms with van der Waals surface area (Å²) in [5, 5.41) is 2.70. The van der Waals surface area contributed by atoms with Crippen molar-refractivity contribution >= 4 is 22.8 Å². The molecule has 0 bridgehead atoms. The number of amides is 1. The molecule has 0 radical (unpaired) electrons. The summed E-state index contributed by atoms with van der Waals surface area (Å²) in [6.45, 7) is 5.90. The number of methoxy groups -OCH3 is 1. The van der Waals surface area contributed by atoms with E-state index in [1.54, 1.807) is 67.8 Å². The fraction of sp³-hybridized carbons (Fsp3) is 0.265. The van der Waals surface area contributed by atoms with Crippen LogP contribution < -0.4 is 19.5 Å². The lowest BCUT2D eigenvalue weighted by Crippen LogP contribution is -2.27. The molecule has 0 aliphatic heterocycles. The van der Waals surface area contributed by atoms with Crippen LogP contribution in [0.15, 0.2) is 79.1 Å². The van der Waals surface area contributed by atoms with Gasteiger partial charge in [0.1, 0.15) is 24.1 Å². The summed E-state index contributed by atoms with van der Waals surface area (Å²) in [5.74, 6) is 0.654. The van der Waals surface area contributed by atoms with Gasteiger partial charge in [-0.1, -0.05) is 42.5 Å². The van der Waals surface area contributed by atoms with Gasteiger partial charge in [-0.3, -0.25) is 5.32 Å². The fourth-order valence-corrected chi connectivity index (χ4v) is 4.87. The molecule has 0 fully saturated rings. The van der Waals surface area contributed by atoms with Crippen molar-refractivity contribution in [1.29, 1.82) is 0 Å². The van der Waals surface area contributed by atoms with Crippen LogP contribution in [0.4, 0.5) is 23.7 Å². The number of aromatic nitrogens is 3. The molecular formula is C34H33F3N4O5. The Morgan fingerprint density at radius 1 is 0.913 bits per heavy atom. The van der Waals surface area contributed by atoms with E-state index in [0.717, 1.165) is 5.56 Å². The number of carbonyl (C=O) groups is 1. The van der Waals surface area contributed by atoms with Gasteiger partial charge in [0, 0.05) is 17.3 Å². The summed E-state index contributed by atoms with van der Waals surface area (Å²) in [6, 6.07) is 21.8. The summed E-state index contributed by atoms with van der Waals surface area (Å²) < 4.78 is 63.7. The molecule has 2 heterocycles. The predicted octanol–water partition coefficient (Wildman–Crippen LogP) is 8.27. The Labute approximate surface area is 263 Å². The van der Waals surface area contributed by atoms with Gasteiger partial charge in [0.2, 0.25) is 5.88 Å². The number of hydrogen-bond acceptors (Lipinski definition) is 7. The maximum atomic E-state index is 13.2. The minimum absolute atomic E-state index is 0.233. The number of nitrogens with one attached hydrogen (secondary N) is 1. The Kier molecular flexibility index (Phi) is 9.08. The Balaban J connectivity index is 1.60. The average molecular weight is 635 g/mol. The van der Waals surface area contributed by atoms with Crippen molar-refractivity contribution < 1.29 is 36.9 Å². The standard InChI is InChI=1S/C34H33F3N4O5/c1-21-28-30(31(39-20-38-28)45-19-34(35,36)37)41(29(21)23-11-13-24(14-12-23)40-32(42)46-33(2,3)4)25-15-16-26(27(17-25)43-5)44-18-22-9-7-6-8-10-22/h6-17,20H,18-19H2,1-5H3,(H,40,42). The third-order valence-corrected chi connectivity index (χ3v) is 6.77. The Bertz CT molecular complexity index is 1830. The smallest absolute Gasteiger partial charge is 0.422 e. The summed E-state index contributed by atoms with van der Waals surface area (Å²) in [6.07, 6.45) is -4.01. The first-order valence-corrected chi connectivity index (χ1v) is 14.3. The van der Waals surface area contributed by atoms with Crippen LogP contribution in [0.2, 0.25) is 0 Å². The molecule has 0 saturated carbocycles. The first-order valence-electron chi connectivity index (χ1n) is 14.3. The van der Waals surface area contributed by atoms with Gasteiger partial charge in [0.05, 0.1) is 24.0 Å². The number of alkyl halides is 3. The normalized spacial score (nSPS) is 11.7. The van der Waals surface area contributed by atoms with Crippen molar-refractivity contribution in [2.75, 3.05) is 19.0 Å². The Hall–Kier alpha value is -5.26. The van der Waals surface area contributed by atoms with E-state index in [4.69, 9.17) is 18.9 Å². The molecule has 12 heteroatoms. The summed E-state index contributed by atoms with van der Waals surface area (Å²) in [7, 11) is 1.51. The zero-order chi connectivity index (χ0) is 33.1. The molecule has 5 aromatic rings. The van der Waals surface area contributed by atoms with Crippen molar-refractivity contribution in [2.45, 2.75) is 46.1 Å². The van der Waals surface area contributed by atoms with E-state index in [9.17, 15) is 18.0 Å². The number of anilines is 1. The van der Waals surface area contributed by atoms with Gasteiger partial charge in [-0.15, -0.1) is 0 Å². The molecule has 0 unspecified atom stereocenters. The molecule has 1 N–H and O–H groups in total. The third kappa shape index (κ3) is 7.51. The van der Waals surface area contributed by atoms with Crippen molar-refractivity contribution in [3.05, 3.63) is 90.3 Å². The minimum Gasteiger partial charge on any atom is -0.493 e. The lowest BCUT2D eigenvalue weighted by molar-refractivity contribution is -0.153. The summed E-state index contributed by atoms with van der Waals surface area (Å²) in [5.41, 5.74) is 3.97.